The number of pyridine rings is 2. The minimum absolute atomic E-state index is 0.0187. The molecule has 1 aromatic carbocycles. The highest BCUT2D eigenvalue weighted by atomic mass is 19.4. The largest absolute Gasteiger partial charge is 0.455 e. The number of nitrogens with zero attached hydrogens (tertiary/aromatic N) is 5. The Kier molecular flexibility index (Phi) is 8.69. The van der Waals surface area contributed by atoms with Crippen LogP contribution in [0, 0.1) is 6.92 Å². The lowest BCUT2D eigenvalue weighted by Crippen LogP contribution is -2.45. The molecular formula is C33H38F3N7O2. The van der Waals surface area contributed by atoms with E-state index >= 15 is 0 Å². The van der Waals surface area contributed by atoms with Crippen molar-refractivity contribution in [1.82, 2.24) is 29.7 Å². The van der Waals surface area contributed by atoms with Crippen molar-refractivity contribution in [2.45, 2.75) is 52.4 Å². The van der Waals surface area contributed by atoms with E-state index in [-0.39, 0.29) is 30.3 Å². The Morgan fingerprint density at radius 2 is 1.84 bits per heavy atom. The molecule has 45 heavy (non-hydrogen) atoms. The number of aromatic nitrogens is 3. The number of anilines is 1. The van der Waals surface area contributed by atoms with Crippen LogP contribution in [0.3, 0.4) is 0 Å². The Hall–Kier alpha value is -4.16. The summed E-state index contributed by atoms with van der Waals surface area (Å²) in [6.45, 7) is 11.0. The zero-order chi connectivity index (χ0) is 31.7. The van der Waals surface area contributed by atoms with Crippen LogP contribution < -0.4 is 10.1 Å². The third-order valence-electron chi connectivity index (χ3n) is 8.77. The molecule has 2 aliphatic rings. The molecule has 0 bridgehead atoms. The topological polar surface area (TPSA) is 89.6 Å². The van der Waals surface area contributed by atoms with E-state index in [0.29, 0.717) is 18.0 Å². The number of likely N-dealkylation sites (N-methyl/N-ethyl adjacent to an activating group) is 1. The number of benzene rings is 1. The van der Waals surface area contributed by atoms with Crippen molar-refractivity contribution in [3.63, 3.8) is 0 Å². The van der Waals surface area contributed by atoms with Crippen LogP contribution in [0.25, 0.3) is 11.0 Å². The minimum Gasteiger partial charge on any atom is -0.455 e. The molecule has 2 amide bonds. The van der Waals surface area contributed by atoms with E-state index in [1.165, 1.54) is 6.07 Å². The summed E-state index contributed by atoms with van der Waals surface area (Å²) in [4.78, 5) is 31.6. The normalized spacial score (nSPS) is 17.8. The van der Waals surface area contributed by atoms with E-state index in [1.807, 2.05) is 30.9 Å². The molecule has 12 heteroatoms. The number of ether oxygens (including phenoxy) is 1. The van der Waals surface area contributed by atoms with Gasteiger partial charge in [0.1, 0.15) is 17.1 Å². The lowest BCUT2D eigenvalue weighted by atomic mass is 9.92. The number of alkyl halides is 3. The molecule has 0 saturated carbocycles. The molecule has 5 heterocycles. The number of amides is 2. The summed E-state index contributed by atoms with van der Waals surface area (Å²) >= 11 is 0. The van der Waals surface area contributed by atoms with E-state index < -0.39 is 17.8 Å². The van der Waals surface area contributed by atoms with Crippen LogP contribution >= 0.6 is 0 Å². The molecule has 3 aromatic heterocycles. The first-order chi connectivity index (χ1) is 21.6. The first-order valence-electron chi connectivity index (χ1n) is 15.4. The van der Waals surface area contributed by atoms with Crippen LogP contribution in [0.5, 0.6) is 11.5 Å². The van der Waals surface area contributed by atoms with Crippen molar-refractivity contribution in [3.05, 3.63) is 76.9 Å². The molecule has 1 unspecified atom stereocenters. The monoisotopic (exact) mass is 621 g/mol. The average molecular weight is 622 g/mol. The lowest BCUT2D eigenvalue weighted by Gasteiger charge is -2.34. The summed E-state index contributed by atoms with van der Waals surface area (Å²) in [5, 5.41) is 3.58. The van der Waals surface area contributed by atoms with Crippen LogP contribution in [-0.4, -0.2) is 75.0 Å². The fourth-order valence-corrected chi connectivity index (χ4v) is 6.26. The number of hydrogen-bond donors (Lipinski definition) is 2. The second-order valence-corrected chi connectivity index (χ2v) is 11.8. The number of rotatable bonds is 7. The van der Waals surface area contributed by atoms with Crippen molar-refractivity contribution >= 4 is 22.8 Å². The summed E-state index contributed by atoms with van der Waals surface area (Å²) in [5.74, 6) is 1.14. The van der Waals surface area contributed by atoms with Crippen LogP contribution in [-0.2, 0) is 19.3 Å². The van der Waals surface area contributed by atoms with Gasteiger partial charge >= 0.3 is 12.2 Å². The standard InChI is InChI=1S/C33H38F3N7O2/c1-4-22-19-43(20-24-15-26(17-38-30(22)24)45-29-8-9-37-31-27(29)14-21(3)39-31)32(44)40-25-7-6-23(28(16-25)33(34,35)36)18-42-12-10-41(5-2)11-13-42/h6-9,14-17,22H,4-5,10-13,18-20H2,1-3H3,(H,37,39)(H,40,44). The summed E-state index contributed by atoms with van der Waals surface area (Å²) in [6.07, 6.45) is -0.437. The van der Waals surface area contributed by atoms with E-state index in [4.69, 9.17) is 9.72 Å². The van der Waals surface area contributed by atoms with Crippen molar-refractivity contribution in [3.8, 4) is 11.5 Å². The maximum atomic E-state index is 14.2. The number of nitrogens with one attached hydrogen (secondary N) is 2. The van der Waals surface area contributed by atoms with E-state index in [9.17, 15) is 18.0 Å². The zero-order valence-electron chi connectivity index (χ0n) is 25.7. The number of aromatic amines is 1. The highest BCUT2D eigenvalue weighted by molar-refractivity contribution is 5.89. The van der Waals surface area contributed by atoms with Crippen molar-refractivity contribution in [2.24, 2.45) is 0 Å². The second kappa shape index (κ2) is 12.7. The smallest absolute Gasteiger partial charge is 0.416 e. The van der Waals surface area contributed by atoms with Gasteiger partial charge in [-0.25, -0.2) is 9.78 Å². The lowest BCUT2D eigenvalue weighted by molar-refractivity contribution is -0.138. The number of halogens is 3. The molecule has 0 radical (unpaired) electrons. The molecule has 4 aromatic rings. The number of hydrogen-bond acceptors (Lipinski definition) is 6. The molecule has 2 N–H and O–H groups in total. The van der Waals surface area contributed by atoms with Gasteiger partial charge < -0.3 is 24.8 Å². The SMILES string of the molecule is CCC1CN(C(=O)Nc2ccc(CN3CCN(CC)CC3)c(C(F)(F)F)c2)Cc2cc(Oc3ccnc4[nH]c(C)cc34)cnc21. The first kappa shape index (κ1) is 30.8. The zero-order valence-corrected chi connectivity index (χ0v) is 25.7. The van der Waals surface area contributed by atoms with Gasteiger partial charge in [0, 0.05) is 69.3 Å². The fourth-order valence-electron chi connectivity index (χ4n) is 6.26. The van der Waals surface area contributed by atoms with Gasteiger partial charge in [-0.05, 0) is 61.3 Å². The van der Waals surface area contributed by atoms with Crippen molar-refractivity contribution < 1.29 is 22.7 Å². The molecule has 1 saturated heterocycles. The third kappa shape index (κ3) is 6.76. The number of piperazine rings is 1. The maximum absolute atomic E-state index is 14.2. The van der Waals surface area contributed by atoms with Crippen LogP contribution in [0.15, 0.2) is 48.8 Å². The number of carbonyl (C=O) groups is 1. The Morgan fingerprint density at radius 1 is 1.07 bits per heavy atom. The minimum atomic E-state index is -4.54. The van der Waals surface area contributed by atoms with Crippen molar-refractivity contribution in [2.75, 3.05) is 44.6 Å². The van der Waals surface area contributed by atoms with Gasteiger partial charge in [-0.2, -0.15) is 13.2 Å². The Morgan fingerprint density at radius 3 is 2.58 bits per heavy atom. The van der Waals surface area contributed by atoms with Gasteiger partial charge in [0.05, 0.1) is 22.8 Å². The van der Waals surface area contributed by atoms with Crippen molar-refractivity contribution in [1.29, 1.82) is 0 Å². The summed E-state index contributed by atoms with van der Waals surface area (Å²) < 4.78 is 48.7. The molecule has 238 valence electrons. The Bertz CT molecular complexity index is 1680. The quantitative estimate of drug-likeness (QED) is 0.237. The number of carbonyl (C=O) groups excluding carboxylic acids is 1. The summed E-state index contributed by atoms with van der Waals surface area (Å²) in [7, 11) is 0. The number of aryl methyl sites for hydroxylation is 1. The average Bonchev–Trinajstić information content (AvgIpc) is 3.42. The van der Waals surface area contributed by atoms with Crippen LogP contribution in [0.4, 0.5) is 23.7 Å². The predicted molar refractivity (Wildman–Crippen MR) is 166 cm³/mol. The predicted octanol–water partition coefficient (Wildman–Crippen LogP) is 6.76. The molecule has 0 spiro atoms. The van der Waals surface area contributed by atoms with Gasteiger partial charge in [0.15, 0.2) is 0 Å². The van der Waals surface area contributed by atoms with Gasteiger partial charge in [-0.1, -0.05) is 19.9 Å². The number of H-pyrrole nitrogens is 1. The maximum Gasteiger partial charge on any atom is 0.416 e. The third-order valence-corrected chi connectivity index (χ3v) is 8.77. The van der Waals surface area contributed by atoms with E-state index in [1.54, 1.807) is 29.4 Å². The number of urea groups is 1. The van der Waals surface area contributed by atoms with E-state index in [0.717, 1.165) is 73.2 Å². The first-order valence-corrected chi connectivity index (χ1v) is 15.4. The van der Waals surface area contributed by atoms with Crippen LogP contribution in [0.2, 0.25) is 0 Å². The molecule has 2 aliphatic heterocycles. The molecule has 9 nitrogen and oxygen atoms in total. The highest BCUT2D eigenvalue weighted by Gasteiger charge is 2.35. The van der Waals surface area contributed by atoms with Crippen LogP contribution in [0.1, 0.15) is 54.3 Å². The second-order valence-electron chi connectivity index (χ2n) is 11.8. The summed E-state index contributed by atoms with van der Waals surface area (Å²) in [6, 6.07) is 9.28. The van der Waals surface area contributed by atoms with Gasteiger partial charge in [-0.15, -0.1) is 0 Å². The van der Waals surface area contributed by atoms with E-state index in [2.05, 4.69) is 27.1 Å². The van der Waals surface area contributed by atoms with Gasteiger partial charge in [-0.3, -0.25) is 9.88 Å². The molecule has 0 aliphatic carbocycles. The molecule has 1 fully saturated rings. The Balaban J connectivity index is 1.18. The van der Waals surface area contributed by atoms with Gasteiger partial charge in [0.25, 0.3) is 0 Å². The Labute approximate surface area is 260 Å². The molecular weight excluding hydrogens is 583 g/mol. The fraction of sp³-hybridized carbons (Fsp3) is 0.424. The summed E-state index contributed by atoms with van der Waals surface area (Å²) in [5.41, 5.74) is 3.03. The molecule has 6 rings (SSSR count). The molecule has 1 atom stereocenters. The number of fused-ring (bicyclic) bond motifs is 2. The van der Waals surface area contributed by atoms with Gasteiger partial charge in [0.2, 0.25) is 0 Å². The highest BCUT2D eigenvalue weighted by Crippen LogP contribution is 2.36.